The first kappa shape index (κ1) is 13.7. The second-order valence-electron chi connectivity index (χ2n) is 4.37. The molecule has 1 aromatic rings. The number of amides is 1. The van der Waals surface area contributed by atoms with Crippen LogP contribution >= 0.6 is 11.6 Å². The number of hydrogen-bond acceptors (Lipinski definition) is 4. The lowest BCUT2D eigenvalue weighted by Crippen LogP contribution is -2.32. The van der Waals surface area contributed by atoms with Gasteiger partial charge in [0.05, 0.1) is 16.3 Å². The molecule has 1 heterocycles. The van der Waals surface area contributed by atoms with Gasteiger partial charge in [0.25, 0.3) is 5.91 Å². The summed E-state index contributed by atoms with van der Waals surface area (Å²) in [4.78, 5) is 25.2. The third-order valence-electron chi connectivity index (χ3n) is 3.03. The van der Waals surface area contributed by atoms with Crippen LogP contribution in [-0.4, -0.2) is 36.5 Å². The van der Waals surface area contributed by atoms with E-state index in [0.717, 1.165) is 25.9 Å². The van der Waals surface area contributed by atoms with Crippen LogP contribution in [0.15, 0.2) is 18.2 Å². The molecule has 1 fully saturated rings. The molecule has 6 heteroatoms. The molecular weight excluding hydrogens is 268 g/mol. The van der Waals surface area contributed by atoms with Gasteiger partial charge in [-0.2, -0.15) is 0 Å². The lowest BCUT2D eigenvalue weighted by molar-refractivity contribution is -0.133. The van der Waals surface area contributed by atoms with Gasteiger partial charge >= 0.3 is 5.97 Å². The van der Waals surface area contributed by atoms with Crippen molar-refractivity contribution in [2.24, 2.45) is 0 Å². The number of esters is 1. The summed E-state index contributed by atoms with van der Waals surface area (Å²) in [6.45, 7) is 1.20. The van der Waals surface area contributed by atoms with Crippen LogP contribution in [0.4, 0.5) is 5.69 Å². The number of nitrogens with two attached hydrogens (primary N) is 1. The Hall–Kier alpha value is -1.75. The Labute approximate surface area is 116 Å². The third-order valence-corrected chi connectivity index (χ3v) is 3.46. The van der Waals surface area contributed by atoms with Crippen molar-refractivity contribution in [1.82, 2.24) is 4.90 Å². The molecule has 102 valence electrons. The van der Waals surface area contributed by atoms with Crippen molar-refractivity contribution in [3.63, 3.8) is 0 Å². The first-order chi connectivity index (χ1) is 9.09. The third kappa shape index (κ3) is 3.17. The molecular formula is C13H15ClN2O3. The molecule has 0 atom stereocenters. The molecule has 1 amide bonds. The smallest absolute Gasteiger partial charge is 0.340 e. The molecule has 0 unspecified atom stereocenters. The van der Waals surface area contributed by atoms with Crippen LogP contribution in [0.2, 0.25) is 5.02 Å². The normalized spacial score (nSPS) is 14.5. The Kier molecular flexibility index (Phi) is 4.27. The maximum Gasteiger partial charge on any atom is 0.340 e. The number of rotatable bonds is 3. The van der Waals surface area contributed by atoms with Crippen molar-refractivity contribution in [3.8, 4) is 0 Å². The van der Waals surface area contributed by atoms with E-state index in [4.69, 9.17) is 22.1 Å². The average Bonchev–Trinajstić information content (AvgIpc) is 2.93. The second-order valence-corrected chi connectivity index (χ2v) is 4.75. The van der Waals surface area contributed by atoms with Gasteiger partial charge in [-0.25, -0.2) is 4.79 Å². The molecule has 0 spiro atoms. The summed E-state index contributed by atoms with van der Waals surface area (Å²) in [5.41, 5.74) is 6.08. The zero-order valence-corrected chi connectivity index (χ0v) is 11.2. The number of hydrogen-bond donors (Lipinski definition) is 1. The largest absolute Gasteiger partial charge is 0.452 e. The fraction of sp³-hybridized carbons (Fsp3) is 0.385. The fourth-order valence-electron chi connectivity index (χ4n) is 1.97. The van der Waals surface area contributed by atoms with Crippen LogP contribution in [0, 0.1) is 0 Å². The first-order valence-electron chi connectivity index (χ1n) is 6.08. The average molecular weight is 283 g/mol. The Bertz CT molecular complexity index is 499. The first-order valence-corrected chi connectivity index (χ1v) is 6.46. The number of benzene rings is 1. The van der Waals surface area contributed by atoms with Gasteiger partial charge in [0, 0.05) is 13.1 Å². The zero-order valence-electron chi connectivity index (χ0n) is 10.4. The quantitative estimate of drug-likeness (QED) is 0.676. The van der Waals surface area contributed by atoms with Gasteiger partial charge in [-0.05, 0) is 25.0 Å². The Morgan fingerprint density at radius 1 is 1.32 bits per heavy atom. The van der Waals surface area contributed by atoms with Crippen LogP contribution in [0.5, 0.6) is 0 Å². The van der Waals surface area contributed by atoms with E-state index in [2.05, 4.69) is 0 Å². The van der Waals surface area contributed by atoms with E-state index >= 15 is 0 Å². The van der Waals surface area contributed by atoms with Crippen molar-refractivity contribution >= 4 is 29.2 Å². The number of halogens is 1. The number of ether oxygens (including phenoxy) is 1. The molecule has 0 saturated carbocycles. The molecule has 0 bridgehead atoms. The van der Waals surface area contributed by atoms with E-state index in [1.807, 2.05) is 0 Å². The molecule has 1 aliphatic heterocycles. The van der Waals surface area contributed by atoms with Gasteiger partial charge in [0.2, 0.25) is 0 Å². The molecule has 0 radical (unpaired) electrons. The monoisotopic (exact) mass is 282 g/mol. The maximum atomic E-state index is 11.8. The van der Waals surface area contributed by atoms with Crippen LogP contribution < -0.4 is 5.73 Å². The molecule has 2 N–H and O–H groups in total. The highest BCUT2D eigenvalue weighted by Gasteiger charge is 2.20. The Morgan fingerprint density at radius 2 is 2.00 bits per heavy atom. The van der Waals surface area contributed by atoms with Gasteiger partial charge in [0.15, 0.2) is 6.61 Å². The van der Waals surface area contributed by atoms with Crippen molar-refractivity contribution in [1.29, 1.82) is 0 Å². The van der Waals surface area contributed by atoms with Gasteiger partial charge < -0.3 is 15.4 Å². The number of anilines is 1. The summed E-state index contributed by atoms with van der Waals surface area (Å²) in [5.74, 6) is -0.810. The molecule has 2 rings (SSSR count). The topological polar surface area (TPSA) is 72.6 Å². The molecule has 19 heavy (non-hydrogen) atoms. The summed E-state index contributed by atoms with van der Waals surface area (Å²) < 4.78 is 4.97. The van der Waals surface area contributed by atoms with Crippen molar-refractivity contribution in [2.45, 2.75) is 12.8 Å². The minimum absolute atomic E-state index is 0.154. The fourth-order valence-corrected chi connectivity index (χ4v) is 2.17. The van der Waals surface area contributed by atoms with Crippen molar-refractivity contribution < 1.29 is 14.3 Å². The van der Waals surface area contributed by atoms with Crippen LogP contribution in [0.25, 0.3) is 0 Å². The van der Waals surface area contributed by atoms with Gasteiger partial charge in [-0.3, -0.25) is 4.79 Å². The predicted molar refractivity (Wildman–Crippen MR) is 72.0 cm³/mol. The van der Waals surface area contributed by atoms with Crippen molar-refractivity contribution in [3.05, 3.63) is 28.8 Å². The molecule has 0 aliphatic carbocycles. The number of nitrogen functional groups attached to an aromatic ring is 1. The van der Waals surface area contributed by atoms with Crippen LogP contribution in [0.3, 0.4) is 0 Å². The van der Waals surface area contributed by atoms with Crippen LogP contribution in [-0.2, 0) is 9.53 Å². The SMILES string of the molecule is Nc1cccc(C(=O)OCC(=O)N2CCCC2)c1Cl. The zero-order chi connectivity index (χ0) is 13.8. The summed E-state index contributed by atoms with van der Waals surface area (Å²) in [6, 6.07) is 4.72. The predicted octanol–water partition coefficient (Wildman–Crippen LogP) is 1.70. The molecule has 1 saturated heterocycles. The Balaban J connectivity index is 1.94. The Morgan fingerprint density at radius 3 is 2.68 bits per heavy atom. The molecule has 1 aliphatic rings. The summed E-state index contributed by atoms with van der Waals surface area (Å²) >= 11 is 5.91. The summed E-state index contributed by atoms with van der Waals surface area (Å²) in [6.07, 6.45) is 2.00. The lowest BCUT2D eigenvalue weighted by atomic mass is 10.2. The highest BCUT2D eigenvalue weighted by atomic mass is 35.5. The number of carbonyl (C=O) groups excluding carboxylic acids is 2. The highest BCUT2D eigenvalue weighted by molar-refractivity contribution is 6.36. The maximum absolute atomic E-state index is 11.8. The lowest BCUT2D eigenvalue weighted by Gasteiger charge is -2.15. The van der Waals surface area contributed by atoms with Gasteiger partial charge in [-0.15, -0.1) is 0 Å². The standard InChI is InChI=1S/C13H15ClN2O3/c14-12-9(4-3-5-10(12)15)13(18)19-8-11(17)16-6-1-2-7-16/h3-5H,1-2,6-8,15H2. The number of likely N-dealkylation sites (tertiary alicyclic amines) is 1. The van der Waals surface area contributed by atoms with E-state index < -0.39 is 5.97 Å². The minimum atomic E-state index is -0.634. The van der Waals surface area contributed by atoms with E-state index in [0.29, 0.717) is 5.69 Å². The van der Waals surface area contributed by atoms with E-state index in [9.17, 15) is 9.59 Å². The minimum Gasteiger partial charge on any atom is -0.452 e. The van der Waals surface area contributed by atoms with Crippen LogP contribution in [0.1, 0.15) is 23.2 Å². The van der Waals surface area contributed by atoms with E-state index in [-0.39, 0.29) is 23.1 Å². The highest BCUT2D eigenvalue weighted by Crippen LogP contribution is 2.23. The molecule has 5 nitrogen and oxygen atoms in total. The number of carbonyl (C=O) groups is 2. The number of nitrogens with zero attached hydrogens (tertiary/aromatic N) is 1. The van der Waals surface area contributed by atoms with E-state index in [1.165, 1.54) is 6.07 Å². The van der Waals surface area contributed by atoms with Gasteiger partial charge in [-0.1, -0.05) is 17.7 Å². The summed E-state index contributed by atoms with van der Waals surface area (Å²) in [5, 5.41) is 0.154. The molecule has 1 aromatic carbocycles. The second kappa shape index (κ2) is 5.93. The van der Waals surface area contributed by atoms with E-state index in [1.54, 1.807) is 17.0 Å². The van der Waals surface area contributed by atoms with Crippen molar-refractivity contribution in [2.75, 3.05) is 25.4 Å². The molecule has 0 aromatic heterocycles. The summed E-state index contributed by atoms with van der Waals surface area (Å²) in [7, 11) is 0. The van der Waals surface area contributed by atoms with Gasteiger partial charge in [0.1, 0.15) is 0 Å².